The van der Waals surface area contributed by atoms with Gasteiger partial charge in [-0.2, -0.15) is 8.78 Å². The van der Waals surface area contributed by atoms with E-state index >= 15 is 0 Å². The first-order chi connectivity index (χ1) is 14.4. The Kier molecular flexibility index (Phi) is 6.97. The average molecular weight is 426 g/mol. The van der Waals surface area contributed by atoms with Crippen molar-refractivity contribution in [1.29, 1.82) is 0 Å². The van der Waals surface area contributed by atoms with Crippen molar-refractivity contribution in [3.8, 4) is 22.6 Å². The molecule has 8 heteroatoms. The third-order valence-electron chi connectivity index (χ3n) is 4.88. The van der Waals surface area contributed by atoms with Crippen LogP contribution in [0, 0.1) is 23.3 Å². The van der Waals surface area contributed by atoms with E-state index in [2.05, 4.69) is 0 Å². The fraction of sp³-hybridized carbons (Fsp3) is 0.409. The first-order valence-electron chi connectivity index (χ1n) is 9.83. The van der Waals surface area contributed by atoms with Crippen LogP contribution in [0.25, 0.3) is 11.1 Å². The van der Waals surface area contributed by atoms with Crippen molar-refractivity contribution in [2.24, 2.45) is 0 Å². The third-order valence-corrected chi connectivity index (χ3v) is 4.88. The highest BCUT2D eigenvalue weighted by Crippen LogP contribution is 2.35. The quantitative estimate of drug-likeness (QED) is 0.330. The largest absolute Gasteiger partial charge is 0.491 e. The van der Waals surface area contributed by atoms with Gasteiger partial charge in [-0.05, 0) is 50.5 Å². The molecule has 1 saturated heterocycles. The normalized spacial score (nSPS) is 18.5. The standard InChI is InChI=1S/C22H22F4O4/c1-3-5-12-6-9-17(29-12)22(27)30-16-11-8-14(19(24)21(16)26)13-7-10-15(28-4-2)20(25)18(13)23/h7-8,10-12,17H,3-6,9H2,1-2H3. The molecule has 4 nitrogen and oxygen atoms in total. The molecule has 162 valence electrons. The van der Waals surface area contributed by atoms with Crippen molar-refractivity contribution in [1.82, 2.24) is 0 Å². The molecule has 2 aromatic rings. The molecule has 1 fully saturated rings. The lowest BCUT2D eigenvalue weighted by atomic mass is 10.0. The molecule has 2 unspecified atom stereocenters. The molecule has 0 aromatic heterocycles. The number of benzene rings is 2. The molecule has 1 heterocycles. The summed E-state index contributed by atoms with van der Waals surface area (Å²) >= 11 is 0. The molecule has 30 heavy (non-hydrogen) atoms. The molecule has 0 aliphatic carbocycles. The number of halogens is 4. The molecule has 1 aliphatic rings. The van der Waals surface area contributed by atoms with Crippen LogP contribution < -0.4 is 9.47 Å². The zero-order valence-electron chi connectivity index (χ0n) is 16.6. The highest BCUT2D eigenvalue weighted by Gasteiger charge is 2.32. The Bertz CT molecular complexity index is 932. The van der Waals surface area contributed by atoms with E-state index in [0.717, 1.165) is 37.1 Å². The van der Waals surface area contributed by atoms with E-state index in [4.69, 9.17) is 14.2 Å². The van der Waals surface area contributed by atoms with Crippen LogP contribution in [0.15, 0.2) is 24.3 Å². The molecule has 0 radical (unpaired) electrons. The number of carbonyl (C=O) groups is 1. The molecule has 2 aromatic carbocycles. The fourth-order valence-electron chi connectivity index (χ4n) is 3.41. The molecule has 0 amide bonds. The molecular weight excluding hydrogens is 404 g/mol. The van der Waals surface area contributed by atoms with Crippen molar-refractivity contribution in [3.63, 3.8) is 0 Å². The summed E-state index contributed by atoms with van der Waals surface area (Å²) in [5.74, 6) is -7.40. The zero-order valence-corrected chi connectivity index (χ0v) is 16.6. The second-order valence-electron chi connectivity index (χ2n) is 6.95. The van der Waals surface area contributed by atoms with E-state index in [9.17, 15) is 22.4 Å². The van der Waals surface area contributed by atoms with Gasteiger partial charge in [-0.25, -0.2) is 13.6 Å². The number of hydrogen-bond donors (Lipinski definition) is 0. The third kappa shape index (κ3) is 4.43. The van der Waals surface area contributed by atoms with Crippen LogP contribution in [-0.4, -0.2) is 24.8 Å². The lowest BCUT2D eigenvalue weighted by Crippen LogP contribution is -2.26. The lowest BCUT2D eigenvalue weighted by molar-refractivity contribution is -0.146. The molecule has 2 atom stereocenters. The second kappa shape index (κ2) is 9.47. The zero-order chi connectivity index (χ0) is 21.8. The molecule has 0 bridgehead atoms. The maximum Gasteiger partial charge on any atom is 0.340 e. The summed E-state index contributed by atoms with van der Waals surface area (Å²) in [5, 5.41) is 0. The van der Waals surface area contributed by atoms with Gasteiger partial charge in [0, 0.05) is 11.1 Å². The maximum absolute atomic E-state index is 14.6. The van der Waals surface area contributed by atoms with Crippen molar-refractivity contribution in [2.75, 3.05) is 6.61 Å². The Morgan fingerprint density at radius 3 is 2.13 bits per heavy atom. The summed E-state index contributed by atoms with van der Waals surface area (Å²) in [5.41, 5.74) is -0.987. The minimum absolute atomic E-state index is 0.0611. The first-order valence-corrected chi connectivity index (χ1v) is 9.83. The van der Waals surface area contributed by atoms with Crippen molar-refractivity contribution in [2.45, 2.75) is 51.7 Å². The predicted molar refractivity (Wildman–Crippen MR) is 101 cm³/mol. The van der Waals surface area contributed by atoms with Crippen molar-refractivity contribution in [3.05, 3.63) is 47.5 Å². The second-order valence-corrected chi connectivity index (χ2v) is 6.95. The van der Waals surface area contributed by atoms with Crippen LogP contribution in [0.2, 0.25) is 0 Å². The summed E-state index contributed by atoms with van der Waals surface area (Å²) in [6, 6.07) is 4.24. The van der Waals surface area contributed by atoms with E-state index in [1.165, 1.54) is 0 Å². The SMILES string of the molecule is CCCC1CCC(C(=O)Oc2ccc(-c3ccc(OCC)c(F)c3F)c(F)c2F)O1. The van der Waals surface area contributed by atoms with Crippen LogP contribution in [0.1, 0.15) is 39.5 Å². The number of ether oxygens (including phenoxy) is 3. The summed E-state index contributed by atoms with van der Waals surface area (Å²) in [6.07, 6.45) is 1.91. The van der Waals surface area contributed by atoms with Crippen LogP contribution in [0.5, 0.6) is 11.5 Å². The van der Waals surface area contributed by atoms with Gasteiger partial charge in [-0.3, -0.25) is 0 Å². The van der Waals surface area contributed by atoms with Gasteiger partial charge in [0.2, 0.25) is 11.6 Å². The first kappa shape index (κ1) is 22.1. The highest BCUT2D eigenvalue weighted by atomic mass is 19.2. The Labute approximate surface area is 171 Å². The van der Waals surface area contributed by atoms with E-state index in [-0.39, 0.29) is 18.5 Å². The molecule has 3 rings (SSSR count). The van der Waals surface area contributed by atoms with Gasteiger partial charge in [0.1, 0.15) is 0 Å². The molecule has 0 N–H and O–H groups in total. The van der Waals surface area contributed by atoms with Crippen LogP contribution in [0.3, 0.4) is 0 Å². The summed E-state index contributed by atoms with van der Waals surface area (Å²) < 4.78 is 73.0. The Hall–Kier alpha value is -2.61. The minimum atomic E-state index is -1.47. The van der Waals surface area contributed by atoms with Gasteiger partial charge in [0.15, 0.2) is 29.2 Å². The molecular formula is C22H22F4O4. The Balaban J connectivity index is 1.81. The number of carbonyl (C=O) groups excluding carboxylic acids is 1. The lowest BCUT2D eigenvalue weighted by Gasteiger charge is -2.14. The van der Waals surface area contributed by atoms with Gasteiger partial charge in [-0.1, -0.05) is 13.3 Å². The topological polar surface area (TPSA) is 44.8 Å². The van der Waals surface area contributed by atoms with Gasteiger partial charge in [0.25, 0.3) is 0 Å². The summed E-state index contributed by atoms with van der Waals surface area (Å²) in [7, 11) is 0. The summed E-state index contributed by atoms with van der Waals surface area (Å²) in [6.45, 7) is 3.71. The number of hydrogen-bond acceptors (Lipinski definition) is 4. The summed E-state index contributed by atoms with van der Waals surface area (Å²) in [4.78, 5) is 12.2. The minimum Gasteiger partial charge on any atom is -0.491 e. The smallest absolute Gasteiger partial charge is 0.340 e. The fourth-order valence-corrected chi connectivity index (χ4v) is 3.41. The van der Waals surface area contributed by atoms with E-state index in [1.54, 1.807) is 6.92 Å². The highest BCUT2D eigenvalue weighted by molar-refractivity contribution is 5.78. The van der Waals surface area contributed by atoms with Crippen molar-refractivity contribution < 1.29 is 36.6 Å². The molecule has 1 aliphatic heterocycles. The van der Waals surface area contributed by atoms with E-state index < -0.39 is 52.2 Å². The average Bonchev–Trinajstić information content (AvgIpc) is 3.19. The predicted octanol–water partition coefficient (Wildman–Crippen LogP) is 5.56. The number of rotatable bonds is 7. The van der Waals surface area contributed by atoms with Crippen LogP contribution in [-0.2, 0) is 9.53 Å². The van der Waals surface area contributed by atoms with Crippen molar-refractivity contribution >= 4 is 5.97 Å². The number of esters is 1. The van der Waals surface area contributed by atoms with Gasteiger partial charge in [0.05, 0.1) is 12.7 Å². The maximum atomic E-state index is 14.6. The Morgan fingerprint density at radius 1 is 0.933 bits per heavy atom. The molecule has 0 spiro atoms. The van der Waals surface area contributed by atoms with Gasteiger partial charge in [-0.15, -0.1) is 0 Å². The monoisotopic (exact) mass is 426 g/mol. The van der Waals surface area contributed by atoms with Crippen LogP contribution in [0.4, 0.5) is 17.6 Å². The van der Waals surface area contributed by atoms with Gasteiger partial charge >= 0.3 is 5.97 Å². The van der Waals surface area contributed by atoms with E-state index in [0.29, 0.717) is 12.8 Å². The molecule has 0 saturated carbocycles. The van der Waals surface area contributed by atoms with Crippen LogP contribution >= 0.6 is 0 Å². The van der Waals surface area contributed by atoms with E-state index in [1.807, 2.05) is 6.92 Å². The Morgan fingerprint density at radius 2 is 1.53 bits per heavy atom. The van der Waals surface area contributed by atoms with Gasteiger partial charge < -0.3 is 14.2 Å².